The van der Waals surface area contributed by atoms with Gasteiger partial charge in [-0.2, -0.15) is 0 Å². The summed E-state index contributed by atoms with van der Waals surface area (Å²) in [5.74, 6) is 0.771. The minimum Gasteiger partial charge on any atom is -0.324 e. The molecule has 0 spiro atoms. The van der Waals surface area contributed by atoms with Crippen LogP contribution in [0.5, 0.6) is 0 Å². The minimum atomic E-state index is -0.0294. The predicted molar refractivity (Wildman–Crippen MR) is 81.9 cm³/mol. The Balaban J connectivity index is 1.72. The van der Waals surface area contributed by atoms with Crippen molar-refractivity contribution >= 4 is 11.6 Å². The first-order valence-corrected chi connectivity index (χ1v) is 7.89. The van der Waals surface area contributed by atoms with Gasteiger partial charge in [0, 0.05) is 5.69 Å². The van der Waals surface area contributed by atoms with E-state index in [0.29, 0.717) is 5.92 Å². The number of fused-ring (bicyclic) bond motifs is 1. The second-order valence-corrected chi connectivity index (χ2v) is 6.28. The zero-order valence-corrected chi connectivity index (χ0v) is 12.2. The van der Waals surface area contributed by atoms with Crippen LogP contribution in [-0.4, -0.2) is 18.5 Å². The Morgan fingerprint density at radius 1 is 1.30 bits per heavy atom. The van der Waals surface area contributed by atoms with Crippen LogP contribution in [0.3, 0.4) is 0 Å². The topological polar surface area (TPSA) is 41.1 Å². The van der Waals surface area contributed by atoms with Crippen LogP contribution < -0.4 is 10.6 Å². The number of hydrogen-bond donors (Lipinski definition) is 2. The quantitative estimate of drug-likeness (QED) is 0.869. The fraction of sp³-hybridized carbons (Fsp3) is 0.588. The Labute approximate surface area is 121 Å². The number of nitrogens with one attached hydrogen (secondary N) is 2. The molecule has 2 atom stereocenters. The van der Waals surface area contributed by atoms with Crippen molar-refractivity contribution in [2.75, 3.05) is 11.9 Å². The van der Waals surface area contributed by atoms with Gasteiger partial charge in [0.15, 0.2) is 0 Å². The van der Waals surface area contributed by atoms with Gasteiger partial charge in [0.05, 0.1) is 6.04 Å². The molecule has 1 aromatic rings. The molecule has 1 aliphatic heterocycles. The summed E-state index contributed by atoms with van der Waals surface area (Å²) in [7, 11) is 0. The largest absolute Gasteiger partial charge is 0.324 e. The number of carbonyl (C=O) groups excluding carboxylic acids is 1. The molecule has 0 aromatic heterocycles. The Hall–Kier alpha value is -1.35. The molecule has 3 rings (SSSR count). The highest BCUT2D eigenvalue weighted by molar-refractivity contribution is 5.95. The average Bonchev–Trinajstić information content (AvgIpc) is 2.47. The second-order valence-electron chi connectivity index (χ2n) is 6.28. The first-order valence-electron chi connectivity index (χ1n) is 7.89. The van der Waals surface area contributed by atoms with Crippen LogP contribution in [0.25, 0.3) is 0 Å². The lowest BCUT2D eigenvalue weighted by Gasteiger charge is -2.28. The summed E-state index contributed by atoms with van der Waals surface area (Å²) in [6, 6.07) is 6.29. The highest BCUT2D eigenvalue weighted by atomic mass is 16.2. The molecule has 3 heteroatoms. The maximum absolute atomic E-state index is 12.4. The normalized spacial score (nSPS) is 25.9. The maximum Gasteiger partial charge on any atom is 0.241 e. The Bertz CT molecular complexity index is 498. The Morgan fingerprint density at radius 2 is 2.15 bits per heavy atom. The van der Waals surface area contributed by atoms with Crippen LogP contribution in [0.1, 0.15) is 43.7 Å². The van der Waals surface area contributed by atoms with Gasteiger partial charge in [-0.05, 0) is 68.2 Å². The number of aryl methyl sites for hydroxylation is 1. The monoisotopic (exact) mass is 272 g/mol. The van der Waals surface area contributed by atoms with E-state index in [4.69, 9.17) is 0 Å². The lowest BCUT2D eigenvalue weighted by molar-refractivity contribution is -0.119. The highest BCUT2D eigenvalue weighted by Gasteiger charge is 2.25. The van der Waals surface area contributed by atoms with Gasteiger partial charge in [-0.25, -0.2) is 0 Å². The lowest BCUT2D eigenvalue weighted by Crippen LogP contribution is -2.45. The number of hydrogen-bond acceptors (Lipinski definition) is 2. The summed E-state index contributed by atoms with van der Waals surface area (Å²) in [6.45, 7) is 3.18. The number of rotatable bonds is 2. The summed E-state index contributed by atoms with van der Waals surface area (Å²) in [5, 5.41) is 6.50. The summed E-state index contributed by atoms with van der Waals surface area (Å²) in [4.78, 5) is 12.4. The van der Waals surface area contributed by atoms with Crippen molar-refractivity contribution in [1.29, 1.82) is 0 Å². The van der Waals surface area contributed by atoms with Crippen LogP contribution in [-0.2, 0) is 17.6 Å². The van der Waals surface area contributed by atoms with Gasteiger partial charge >= 0.3 is 0 Å². The van der Waals surface area contributed by atoms with Crippen LogP contribution in [0.2, 0.25) is 0 Å². The fourth-order valence-electron chi connectivity index (χ4n) is 3.43. The average molecular weight is 272 g/mol. The molecule has 1 aliphatic carbocycles. The molecule has 108 valence electrons. The number of amides is 1. The van der Waals surface area contributed by atoms with E-state index in [2.05, 4.69) is 29.7 Å². The van der Waals surface area contributed by atoms with Crippen molar-refractivity contribution in [2.24, 2.45) is 5.92 Å². The fourth-order valence-corrected chi connectivity index (χ4v) is 3.43. The smallest absolute Gasteiger partial charge is 0.241 e. The van der Waals surface area contributed by atoms with Crippen LogP contribution in [0, 0.1) is 5.92 Å². The van der Waals surface area contributed by atoms with Crippen LogP contribution in [0.4, 0.5) is 5.69 Å². The van der Waals surface area contributed by atoms with Crippen molar-refractivity contribution in [3.05, 3.63) is 29.3 Å². The first-order chi connectivity index (χ1) is 9.74. The van der Waals surface area contributed by atoms with E-state index in [1.54, 1.807) is 0 Å². The summed E-state index contributed by atoms with van der Waals surface area (Å²) in [6.07, 6.45) is 6.87. The molecule has 0 radical (unpaired) electrons. The van der Waals surface area contributed by atoms with Crippen LogP contribution >= 0.6 is 0 Å². The molecule has 2 aliphatic rings. The zero-order valence-electron chi connectivity index (χ0n) is 12.2. The Kier molecular flexibility index (Phi) is 4.06. The van der Waals surface area contributed by atoms with E-state index in [-0.39, 0.29) is 11.9 Å². The van der Waals surface area contributed by atoms with Gasteiger partial charge in [-0.3, -0.25) is 4.79 Å². The molecule has 1 aromatic carbocycles. The van der Waals surface area contributed by atoms with E-state index in [1.165, 1.54) is 30.4 Å². The molecule has 0 bridgehead atoms. The third kappa shape index (κ3) is 2.88. The van der Waals surface area contributed by atoms with E-state index in [9.17, 15) is 4.79 Å². The van der Waals surface area contributed by atoms with E-state index >= 15 is 0 Å². The summed E-state index contributed by atoms with van der Waals surface area (Å²) < 4.78 is 0. The molecular weight excluding hydrogens is 248 g/mol. The third-order valence-electron chi connectivity index (χ3n) is 4.64. The predicted octanol–water partition coefficient (Wildman–Crippen LogP) is 2.89. The van der Waals surface area contributed by atoms with Gasteiger partial charge in [-0.1, -0.05) is 19.1 Å². The zero-order chi connectivity index (χ0) is 13.9. The molecule has 0 saturated carbocycles. The molecule has 3 nitrogen and oxygen atoms in total. The SMILES string of the molecule is CC1CCNC(C(=O)Nc2cccc3c2CCCC3)C1. The lowest BCUT2D eigenvalue weighted by atomic mass is 9.90. The summed E-state index contributed by atoms with van der Waals surface area (Å²) in [5.41, 5.74) is 3.81. The van der Waals surface area contributed by atoms with Gasteiger partial charge in [0.2, 0.25) is 5.91 Å². The number of benzene rings is 1. The number of piperidine rings is 1. The van der Waals surface area contributed by atoms with E-state index < -0.39 is 0 Å². The number of carbonyl (C=O) groups is 1. The second kappa shape index (κ2) is 5.96. The van der Waals surface area contributed by atoms with Crippen molar-refractivity contribution in [1.82, 2.24) is 5.32 Å². The van der Waals surface area contributed by atoms with E-state index in [1.807, 2.05) is 6.07 Å². The van der Waals surface area contributed by atoms with Crippen molar-refractivity contribution < 1.29 is 4.79 Å². The minimum absolute atomic E-state index is 0.0294. The molecule has 1 amide bonds. The molecular formula is C17H24N2O. The van der Waals surface area contributed by atoms with Gasteiger partial charge in [0.1, 0.15) is 0 Å². The van der Waals surface area contributed by atoms with Crippen molar-refractivity contribution in [3.8, 4) is 0 Å². The van der Waals surface area contributed by atoms with Gasteiger partial charge in [-0.15, -0.1) is 0 Å². The molecule has 2 unspecified atom stereocenters. The van der Waals surface area contributed by atoms with Crippen molar-refractivity contribution in [2.45, 2.75) is 51.5 Å². The molecule has 1 fully saturated rings. The molecule has 2 N–H and O–H groups in total. The standard InChI is InChI=1S/C17H24N2O/c1-12-9-10-18-16(11-12)17(20)19-15-8-4-6-13-5-2-3-7-14(13)15/h4,6,8,12,16,18H,2-3,5,7,9-11H2,1H3,(H,19,20). The van der Waals surface area contributed by atoms with Gasteiger partial charge < -0.3 is 10.6 Å². The Morgan fingerprint density at radius 3 is 3.00 bits per heavy atom. The first kappa shape index (κ1) is 13.6. The van der Waals surface area contributed by atoms with Crippen molar-refractivity contribution in [3.63, 3.8) is 0 Å². The molecule has 1 heterocycles. The van der Waals surface area contributed by atoms with Crippen LogP contribution in [0.15, 0.2) is 18.2 Å². The number of anilines is 1. The summed E-state index contributed by atoms with van der Waals surface area (Å²) >= 11 is 0. The van der Waals surface area contributed by atoms with E-state index in [0.717, 1.165) is 31.5 Å². The molecule has 20 heavy (non-hydrogen) atoms. The van der Waals surface area contributed by atoms with Gasteiger partial charge in [0.25, 0.3) is 0 Å². The highest BCUT2D eigenvalue weighted by Crippen LogP contribution is 2.28. The molecule has 1 saturated heterocycles. The third-order valence-corrected chi connectivity index (χ3v) is 4.64. The maximum atomic E-state index is 12.4.